The molecule has 2 aromatic rings. The van der Waals surface area contributed by atoms with E-state index in [1.807, 2.05) is 0 Å². The number of aromatic hydroxyl groups is 1. The Morgan fingerprint density at radius 1 is 1.04 bits per heavy atom. The first-order valence-corrected chi connectivity index (χ1v) is 7.16. The van der Waals surface area contributed by atoms with Crippen molar-refractivity contribution in [3.8, 4) is 5.75 Å². The molecule has 0 saturated carbocycles. The number of rotatable bonds is 5. The van der Waals surface area contributed by atoms with E-state index in [0.717, 1.165) is 6.07 Å². The normalized spacial score (nSPS) is 10.2. The summed E-state index contributed by atoms with van der Waals surface area (Å²) in [7, 11) is 0. The molecule has 0 aliphatic rings. The van der Waals surface area contributed by atoms with Crippen LogP contribution in [-0.4, -0.2) is 30.0 Å². The largest absolute Gasteiger partial charge is 0.508 e. The van der Waals surface area contributed by atoms with Crippen LogP contribution in [0.25, 0.3) is 0 Å². The smallest absolute Gasteiger partial charge is 0.255 e. The summed E-state index contributed by atoms with van der Waals surface area (Å²) in [5, 5.41) is 14.4. The number of hydrogen-bond donors (Lipinski definition) is 3. The molecule has 0 aliphatic heterocycles. The van der Waals surface area contributed by atoms with Gasteiger partial charge in [-0.2, -0.15) is 0 Å². The Bertz CT molecular complexity index is 717. The van der Waals surface area contributed by atoms with Crippen molar-refractivity contribution in [3.05, 3.63) is 64.4 Å². The molecule has 2 rings (SSSR count). The second kappa shape index (κ2) is 7.60. The fourth-order valence-electron chi connectivity index (χ4n) is 1.90. The van der Waals surface area contributed by atoms with Gasteiger partial charge in [0.2, 0.25) is 0 Å². The quantitative estimate of drug-likeness (QED) is 0.733. The van der Waals surface area contributed by atoms with Gasteiger partial charge in [0.05, 0.1) is 10.6 Å². The summed E-state index contributed by atoms with van der Waals surface area (Å²) in [6, 6.07) is 9.85. The molecule has 7 heteroatoms. The van der Waals surface area contributed by atoms with Gasteiger partial charge in [0.15, 0.2) is 0 Å². The Morgan fingerprint density at radius 3 is 2.35 bits per heavy atom. The predicted octanol–water partition coefficient (Wildman–Crippen LogP) is 2.34. The maximum absolute atomic E-state index is 13.6. The molecule has 0 unspecified atom stereocenters. The molecule has 0 aliphatic carbocycles. The van der Waals surface area contributed by atoms with Gasteiger partial charge in [-0.25, -0.2) is 4.39 Å². The first kappa shape index (κ1) is 16.8. The molecule has 0 radical (unpaired) electrons. The molecule has 120 valence electrons. The zero-order valence-electron chi connectivity index (χ0n) is 12.0. The Hall–Kier alpha value is -2.60. The summed E-state index contributed by atoms with van der Waals surface area (Å²) in [4.78, 5) is 23.7. The Labute approximate surface area is 137 Å². The van der Waals surface area contributed by atoms with Crippen LogP contribution in [0.15, 0.2) is 42.5 Å². The summed E-state index contributed by atoms with van der Waals surface area (Å²) in [5.74, 6) is -1.77. The lowest BCUT2D eigenvalue weighted by Gasteiger charge is -2.09. The highest BCUT2D eigenvalue weighted by molar-refractivity contribution is 6.33. The first-order valence-electron chi connectivity index (χ1n) is 6.78. The molecule has 0 spiro atoms. The maximum Gasteiger partial charge on any atom is 0.255 e. The van der Waals surface area contributed by atoms with Crippen LogP contribution >= 0.6 is 11.6 Å². The minimum Gasteiger partial charge on any atom is -0.508 e. The molecule has 0 bridgehead atoms. The van der Waals surface area contributed by atoms with Gasteiger partial charge in [-0.05, 0) is 30.3 Å². The Kier molecular flexibility index (Phi) is 5.54. The first-order chi connectivity index (χ1) is 11.0. The molecule has 23 heavy (non-hydrogen) atoms. The van der Waals surface area contributed by atoms with Crippen LogP contribution in [0.3, 0.4) is 0 Å². The lowest BCUT2D eigenvalue weighted by molar-refractivity contribution is 0.0925. The number of amides is 2. The van der Waals surface area contributed by atoms with Crippen molar-refractivity contribution in [2.24, 2.45) is 0 Å². The highest BCUT2D eigenvalue weighted by Gasteiger charge is 2.15. The molecule has 0 saturated heterocycles. The standard InChI is InChI=1S/C16H14ClFN2O3/c17-12-5-2-6-13(18)14(12)16(23)20-8-7-19-15(22)10-3-1-4-11(21)9-10/h1-6,9,21H,7-8H2,(H,19,22)(H,20,23). The van der Waals surface area contributed by atoms with Gasteiger partial charge in [-0.3, -0.25) is 9.59 Å². The molecule has 0 heterocycles. The van der Waals surface area contributed by atoms with E-state index in [-0.39, 0.29) is 35.3 Å². The van der Waals surface area contributed by atoms with Crippen LogP contribution in [0.1, 0.15) is 20.7 Å². The molecule has 0 aromatic heterocycles. The third-order valence-electron chi connectivity index (χ3n) is 2.99. The number of phenolic OH excluding ortho intramolecular Hbond substituents is 1. The average molecular weight is 337 g/mol. The monoisotopic (exact) mass is 336 g/mol. The third kappa shape index (κ3) is 4.43. The zero-order chi connectivity index (χ0) is 16.8. The van der Waals surface area contributed by atoms with Crippen molar-refractivity contribution in [3.63, 3.8) is 0 Å². The van der Waals surface area contributed by atoms with Gasteiger partial charge in [-0.1, -0.05) is 23.7 Å². The second-order valence-corrected chi connectivity index (χ2v) is 5.07. The number of halogens is 2. The van der Waals surface area contributed by atoms with Gasteiger partial charge in [0, 0.05) is 18.7 Å². The maximum atomic E-state index is 13.6. The van der Waals surface area contributed by atoms with Crippen LogP contribution in [0.2, 0.25) is 5.02 Å². The number of carbonyl (C=O) groups is 2. The lowest BCUT2D eigenvalue weighted by atomic mass is 10.2. The van der Waals surface area contributed by atoms with Crippen LogP contribution in [-0.2, 0) is 0 Å². The van der Waals surface area contributed by atoms with Gasteiger partial charge < -0.3 is 15.7 Å². The van der Waals surface area contributed by atoms with E-state index < -0.39 is 11.7 Å². The molecule has 0 atom stereocenters. The van der Waals surface area contributed by atoms with Crippen molar-refractivity contribution in [2.75, 3.05) is 13.1 Å². The number of phenols is 1. The van der Waals surface area contributed by atoms with Gasteiger partial charge in [0.1, 0.15) is 11.6 Å². The molecule has 2 amide bonds. The molecule has 3 N–H and O–H groups in total. The summed E-state index contributed by atoms with van der Waals surface area (Å²) in [6.07, 6.45) is 0. The van der Waals surface area contributed by atoms with Crippen LogP contribution in [0.5, 0.6) is 5.75 Å². The van der Waals surface area contributed by atoms with E-state index in [1.165, 1.54) is 24.3 Å². The van der Waals surface area contributed by atoms with Crippen molar-refractivity contribution in [1.29, 1.82) is 0 Å². The van der Waals surface area contributed by atoms with Gasteiger partial charge >= 0.3 is 0 Å². The average Bonchev–Trinajstić information content (AvgIpc) is 2.51. The minimum atomic E-state index is -0.709. The molecule has 0 fully saturated rings. The molecular formula is C16H14ClFN2O3. The molecule has 5 nitrogen and oxygen atoms in total. The number of benzene rings is 2. The van der Waals surface area contributed by atoms with Crippen molar-refractivity contribution in [2.45, 2.75) is 0 Å². The summed E-state index contributed by atoms with van der Waals surface area (Å²) < 4.78 is 13.6. The van der Waals surface area contributed by atoms with E-state index in [4.69, 9.17) is 11.6 Å². The molecule has 2 aromatic carbocycles. The topological polar surface area (TPSA) is 78.4 Å². The van der Waals surface area contributed by atoms with Gasteiger partial charge in [0.25, 0.3) is 11.8 Å². The highest BCUT2D eigenvalue weighted by Crippen LogP contribution is 2.18. The fourth-order valence-corrected chi connectivity index (χ4v) is 2.15. The number of carbonyl (C=O) groups excluding carboxylic acids is 2. The highest BCUT2D eigenvalue weighted by atomic mass is 35.5. The second-order valence-electron chi connectivity index (χ2n) is 4.66. The number of nitrogens with one attached hydrogen (secondary N) is 2. The third-order valence-corrected chi connectivity index (χ3v) is 3.31. The van der Waals surface area contributed by atoms with E-state index in [2.05, 4.69) is 10.6 Å². The summed E-state index contributed by atoms with van der Waals surface area (Å²) >= 11 is 5.79. The Morgan fingerprint density at radius 2 is 1.70 bits per heavy atom. The minimum absolute atomic E-state index is 0.0138. The van der Waals surface area contributed by atoms with Crippen molar-refractivity contribution in [1.82, 2.24) is 10.6 Å². The molecular weight excluding hydrogens is 323 g/mol. The number of hydrogen-bond acceptors (Lipinski definition) is 3. The van der Waals surface area contributed by atoms with Crippen LogP contribution in [0, 0.1) is 5.82 Å². The Balaban J connectivity index is 1.83. The zero-order valence-corrected chi connectivity index (χ0v) is 12.7. The van der Waals surface area contributed by atoms with E-state index >= 15 is 0 Å². The van der Waals surface area contributed by atoms with Crippen molar-refractivity contribution < 1.29 is 19.1 Å². The summed E-state index contributed by atoms with van der Waals surface area (Å²) in [5.41, 5.74) is 0.0712. The van der Waals surface area contributed by atoms with E-state index in [1.54, 1.807) is 12.1 Å². The van der Waals surface area contributed by atoms with E-state index in [9.17, 15) is 19.1 Å². The predicted molar refractivity (Wildman–Crippen MR) is 84.2 cm³/mol. The van der Waals surface area contributed by atoms with Gasteiger partial charge in [-0.15, -0.1) is 0 Å². The van der Waals surface area contributed by atoms with E-state index in [0.29, 0.717) is 5.56 Å². The van der Waals surface area contributed by atoms with Crippen LogP contribution in [0.4, 0.5) is 4.39 Å². The van der Waals surface area contributed by atoms with Crippen molar-refractivity contribution >= 4 is 23.4 Å². The van der Waals surface area contributed by atoms with Crippen LogP contribution < -0.4 is 10.6 Å². The SMILES string of the molecule is O=C(NCCNC(=O)c1c(F)cccc1Cl)c1cccc(O)c1. The summed E-state index contributed by atoms with van der Waals surface area (Å²) in [6.45, 7) is 0.250. The lowest BCUT2D eigenvalue weighted by Crippen LogP contribution is -2.35. The fraction of sp³-hybridized carbons (Fsp3) is 0.125.